The lowest BCUT2D eigenvalue weighted by Gasteiger charge is -2.22. The molecule has 1 aliphatic rings. The molecule has 0 spiro atoms. The van der Waals surface area contributed by atoms with Gasteiger partial charge in [0.2, 0.25) is 0 Å². The maximum atomic E-state index is 12.1. The van der Waals surface area contributed by atoms with Crippen LogP contribution in [0.3, 0.4) is 0 Å². The van der Waals surface area contributed by atoms with E-state index in [0.717, 1.165) is 12.8 Å². The molecular formula is C10H12F3N3O. The molecule has 94 valence electrons. The van der Waals surface area contributed by atoms with E-state index in [9.17, 15) is 18.0 Å². The molecule has 1 aliphatic carbocycles. The topological polar surface area (TPSA) is 46.9 Å². The number of carbonyl (C=O) groups excluding carboxylic acids is 1. The summed E-state index contributed by atoms with van der Waals surface area (Å²) in [6, 6.07) is -0.609. The zero-order valence-corrected chi connectivity index (χ0v) is 8.94. The normalized spacial score (nSPS) is 24.9. The first-order valence-corrected chi connectivity index (χ1v) is 5.33. The highest BCUT2D eigenvalue weighted by molar-refractivity contribution is 5.82. The van der Waals surface area contributed by atoms with Crippen molar-refractivity contribution < 1.29 is 18.0 Å². The van der Waals surface area contributed by atoms with E-state index in [1.54, 1.807) is 23.3 Å². The number of carbonyl (C=O) groups is 1. The standard InChI is InChI=1S/C10H12F3N3O/c11-10(12,13)9(17)15-7-2-1-3-8(7)16-5-4-14-6-16/h4-8H,1-3H2,(H,15,17). The maximum Gasteiger partial charge on any atom is 0.471 e. The van der Waals surface area contributed by atoms with Gasteiger partial charge in [0.1, 0.15) is 0 Å². The summed E-state index contributed by atoms with van der Waals surface area (Å²) < 4.78 is 38.2. The highest BCUT2D eigenvalue weighted by Gasteiger charge is 2.41. The van der Waals surface area contributed by atoms with E-state index >= 15 is 0 Å². The monoisotopic (exact) mass is 247 g/mol. The third kappa shape index (κ3) is 2.59. The van der Waals surface area contributed by atoms with Gasteiger partial charge in [-0.1, -0.05) is 0 Å². The molecule has 2 atom stereocenters. The molecule has 1 fully saturated rings. The van der Waals surface area contributed by atoms with E-state index in [1.165, 1.54) is 0 Å². The molecule has 0 bridgehead atoms. The summed E-state index contributed by atoms with van der Waals surface area (Å²) >= 11 is 0. The fraction of sp³-hybridized carbons (Fsp3) is 0.600. The lowest BCUT2D eigenvalue weighted by atomic mass is 10.1. The predicted octanol–water partition coefficient (Wildman–Crippen LogP) is 1.66. The highest BCUT2D eigenvalue weighted by atomic mass is 19.4. The SMILES string of the molecule is O=C(NC1CCCC1n1ccnc1)C(F)(F)F. The number of nitrogens with one attached hydrogen (secondary N) is 1. The van der Waals surface area contributed by atoms with Gasteiger partial charge in [-0.05, 0) is 19.3 Å². The van der Waals surface area contributed by atoms with Crippen LogP contribution >= 0.6 is 0 Å². The molecule has 1 saturated carbocycles. The molecule has 0 saturated heterocycles. The lowest BCUT2D eigenvalue weighted by molar-refractivity contribution is -0.174. The molecule has 1 heterocycles. The fourth-order valence-corrected chi connectivity index (χ4v) is 2.18. The molecular weight excluding hydrogens is 235 g/mol. The Kier molecular flexibility index (Phi) is 3.08. The van der Waals surface area contributed by atoms with Crippen LogP contribution < -0.4 is 5.32 Å². The van der Waals surface area contributed by atoms with Crippen LogP contribution in [0.25, 0.3) is 0 Å². The number of amides is 1. The fourth-order valence-electron chi connectivity index (χ4n) is 2.18. The zero-order valence-electron chi connectivity index (χ0n) is 8.94. The van der Waals surface area contributed by atoms with Crippen LogP contribution in [0.1, 0.15) is 25.3 Å². The summed E-state index contributed by atoms with van der Waals surface area (Å²) in [6.07, 6.45) is 2.12. The van der Waals surface area contributed by atoms with Crippen LogP contribution in [0.4, 0.5) is 13.2 Å². The molecule has 7 heteroatoms. The summed E-state index contributed by atoms with van der Waals surface area (Å²) in [7, 11) is 0. The highest BCUT2D eigenvalue weighted by Crippen LogP contribution is 2.30. The predicted molar refractivity (Wildman–Crippen MR) is 53.1 cm³/mol. The number of nitrogens with zero attached hydrogens (tertiary/aromatic N) is 2. The van der Waals surface area contributed by atoms with Crippen molar-refractivity contribution in [2.75, 3.05) is 0 Å². The summed E-state index contributed by atoms with van der Waals surface area (Å²) in [5.74, 6) is -1.87. The Hall–Kier alpha value is -1.53. The molecule has 2 rings (SSSR count). The van der Waals surface area contributed by atoms with Gasteiger partial charge in [-0.15, -0.1) is 0 Å². The Labute approximate surface area is 95.8 Å². The Morgan fingerprint density at radius 2 is 2.18 bits per heavy atom. The van der Waals surface area contributed by atoms with E-state index in [-0.39, 0.29) is 6.04 Å². The van der Waals surface area contributed by atoms with Gasteiger partial charge in [0.25, 0.3) is 0 Å². The minimum Gasteiger partial charge on any atom is -0.343 e. The summed E-state index contributed by atoms with van der Waals surface area (Å²) in [6.45, 7) is 0. The summed E-state index contributed by atoms with van der Waals surface area (Å²) in [5, 5.41) is 2.04. The van der Waals surface area contributed by atoms with Gasteiger partial charge < -0.3 is 9.88 Å². The third-order valence-electron chi connectivity index (χ3n) is 2.96. The molecule has 0 aromatic carbocycles. The number of aromatic nitrogens is 2. The molecule has 17 heavy (non-hydrogen) atoms. The number of hydrogen-bond acceptors (Lipinski definition) is 2. The minimum absolute atomic E-state index is 0.135. The number of hydrogen-bond donors (Lipinski definition) is 1. The summed E-state index contributed by atoms with van der Waals surface area (Å²) in [5.41, 5.74) is 0. The third-order valence-corrected chi connectivity index (χ3v) is 2.96. The van der Waals surface area contributed by atoms with E-state index in [2.05, 4.69) is 4.98 Å². The smallest absolute Gasteiger partial charge is 0.343 e. The number of rotatable bonds is 2. The average Bonchev–Trinajstić information content (AvgIpc) is 2.83. The van der Waals surface area contributed by atoms with Crippen LogP contribution in [-0.4, -0.2) is 27.7 Å². The van der Waals surface area contributed by atoms with Gasteiger partial charge in [0.15, 0.2) is 0 Å². The van der Waals surface area contributed by atoms with Gasteiger partial charge in [-0.3, -0.25) is 4.79 Å². The minimum atomic E-state index is -4.82. The van der Waals surface area contributed by atoms with Gasteiger partial charge in [0, 0.05) is 18.4 Å². The van der Waals surface area contributed by atoms with Crippen LogP contribution in [0.2, 0.25) is 0 Å². The Morgan fingerprint density at radius 1 is 1.41 bits per heavy atom. The largest absolute Gasteiger partial charge is 0.471 e. The van der Waals surface area contributed by atoms with E-state index in [0.29, 0.717) is 6.42 Å². The second-order valence-electron chi connectivity index (χ2n) is 4.09. The van der Waals surface area contributed by atoms with Crippen LogP contribution in [0.5, 0.6) is 0 Å². The van der Waals surface area contributed by atoms with Crippen molar-refractivity contribution in [1.29, 1.82) is 0 Å². The second-order valence-corrected chi connectivity index (χ2v) is 4.09. The summed E-state index contributed by atoms with van der Waals surface area (Å²) in [4.78, 5) is 14.7. The maximum absolute atomic E-state index is 12.1. The van der Waals surface area contributed by atoms with Crippen LogP contribution in [0, 0.1) is 0 Å². The molecule has 1 amide bonds. The first kappa shape index (κ1) is 11.9. The molecule has 4 nitrogen and oxygen atoms in total. The van der Waals surface area contributed by atoms with Gasteiger partial charge >= 0.3 is 12.1 Å². The molecule has 0 aliphatic heterocycles. The second kappa shape index (κ2) is 4.38. The molecule has 1 N–H and O–H groups in total. The zero-order chi connectivity index (χ0) is 12.5. The molecule has 1 aromatic heterocycles. The Morgan fingerprint density at radius 3 is 2.76 bits per heavy atom. The van der Waals surface area contributed by atoms with Crippen molar-refractivity contribution in [3.8, 4) is 0 Å². The molecule has 0 radical (unpaired) electrons. The number of imidazole rings is 1. The van der Waals surface area contributed by atoms with Crippen LogP contribution in [-0.2, 0) is 4.79 Å². The van der Waals surface area contributed by atoms with E-state index in [4.69, 9.17) is 0 Å². The molecule has 1 aromatic rings. The van der Waals surface area contributed by atoms with Crippen molar-refractivity contribution in [3.05, 3.63) is 18.7 Å². The van der Waals surface area contributed by atoms with Crippen molar-refractivity contribution in [2.24, 2.45) is 0 Å². The van der Waals surface area contributed by atoms with E-state index < -0.39 is 18.1 Å². The van der Waals surface area contributed by atoms with Gasteiger partial charge in [-0.25, -0.2) is 4.98 Å². The van der Waals surface area contributed by atoms with E-state index in [1.807, 2.05) is 5.32 Å². The Balaban J connectivity index is 2.04. The van der Waals surface area contributed by atoms with Gasteiger partial charge in [-0.2, -0.15) is 13.2 Å². The molecule has 2 unspecified atom stereocenters. The number of alkyl halides is 3. The Bertz CT molecular complexity index is 388. The lowest BCUT2D eigenvalue weighted by Crippen LogP contribution is -2.44. The van der Waals surface area contributed by atoms with Gasteiger partial charge in [0.05, 0.1) is 12.4 Å². The first-order valence-electron chi connectivity index (χ1n) is 5.33. The van der Waals surface area contributed by atoms with Crippen LogP contribution in [0.15, 0.2) is 18.7 Å². The van der Waals surface area contributed by atoms with Crippen molar-refractivity contribution >= 4 is 5.91 Å². The van der Waals surface area contributed by atoms with Crippen molar-refractivity contribution in [3.63, 3.8) is 0 Å². The quantitative estimate of drug-likeness (QED) is 0.863. The average molecular weight is 247 g/mol. The number of halogens is 3. The van der Waals surface area contributed by atoms with Crippen molar-refractivity contribution in [1.82, 2.24) is 14.9 Å². The van der Waals surface area contributed by atoms with Crippen molar-refractivity contribution in [2.45, 2.75) is 37.5 Å². The first-order chi connectivity index (χ1) is 7.98.